The molecule has 7 nitrogen and oxygen atoms in total. The molecule has 0 bridgehead atoms. The van der Waals surface area contributed by atoms with Crippen molar-refractivity contribution in [3.05, 3.63) is 46.7 Å². The first-order valence-corrected chi connectivity index (χ1v) is 11.8. The molecular formula is C25H39N5O2. The first-order valence-electron chi connectivity index (χ1n) is 11.8. The van der Waals surface area contributed by atoms with Gasteiger partial charge in [-0.3, -0.25) is 9.89 Å². The number of aromatic nitrogens is 1. The standard InChI is InChI=1S/C25H39N5O2/c1-6-26-25(27-12-9-21-8-7-18(2)23(15-21)31-5)28-16-22-10-13-30(14-11-22)17-24-29-19(3)20(4)32-24/h7-8,15,22H,6,9-14,16-17H2,1-5H3,(H2,26,27,28). The number of hydrogen-bond donors (Lipinski definition) is 2. The van der Waals surface area contributed by atoms with Gasteiger partial charge >= 0.3 is 0 Å². The molecule has 0 aliphatic carbocycles. The van der Waals surface area contributed by atoms with Gasteiger partial charge in [-0.15, -0.1) is 0 Å². The van der Waals surface area contributed by atoms with Crippen molar-refractivity contribution in [2.45, 2.75) is 53.5 Å². The quantitative estimate of drug-likeness (QED) is 0.457. The molecule has 1 aromatic heterocycles. The average Bonchev–Trinajstić information content (AvgIpc) is 3.10. The maximum absolute atomic E-state index is 5.74. The molecule has 1 fully saturated rings. The average molecular weight is 442 g/mol. The van der Waals surface area contributed by atoms with Gasteiger partial charge in [0.25, 0.3) is 0 Å². The van der Waals surface area contributed by atoms with Gasteiger partial charge in [-0.25, -0.2) is 4.98 Å². The number of guanidine groups is 1. The van der Waals surface area contributed by atoms with Gasteiger partial charge in [0.05, 0.1) is 19.3 Å². The summed E-state index contributed by atoms with van der Waals surface area (Å²) in [5.74, 6) is 4.23. The second-order valence-electron chi connectivity index (χ2n) is 8.67. The second kappa shape index (κ2) is 11.9. The van der Waals surface area contributed by atoms with Crippen molar-refractivity contribution >= 4 is 5.96 Å². The fourth-order valence-corrected chi connectivity index (χ4v) is 4.03. The van der Waals surface area contributed by atoms with E-state index in [9.17, 15) is 0 Å². The molecule has 1 aromatic carbocycles. The van der Waals surface area contributed by atoms with Crippen molar-refractivity contribution in [2.24, 2.45) is 10.9 Å². The minimum absolute atomic E-state index is 0.621. The maximum Gasteiger partial charge on any atom is 0.208 e. The van der Waals surface area contributed by atoms with E-state index >= 15 is 0 Å². The summed E-state index contributed by atoms with van der Waals surface area (Å²) >= 11 is 0. The van der Waals surface area contributed by atoms with Crippen LogP contribution in [-0.4, -0.2) is 55.7 Å². The van der Waals surface area contributed by atoms with Crippen LogP contribution in [0.4, 0.5) is 0 Å². The molecule has 0 unspecified atom stereocenters. The molecule has 176 valence electrons. The highest BCUT2D eigenvalue weighted by Crippen LogP contribution is 2.20. The number of ether oxygens (including phenoxy) is 1. The molecule has 0 spiro atoms. The van der Waals surface area contributed by atoms with E-state index in [0.717, 1.165) is 93.1 Å². The fourth-order valence-electron chi connectivity index (χ4n) is 4.03. The van der Waals surface area contributed by atoms with Crippen molar-refractivity contribution in [1.82, 2.24) is 20.5 Å². The Morgan fingerprint density at radius 2 is 2.00 bits per heavy atom. The molecule has 0 atom stereocenters. The molecule has 0 saturated carbocycles. The summed E-state index contributed by atoms with van der Waals surface area (Å²) in [7, 11) is 1.72. The monoisotopic (exact) mass is 441 g/mol. The molecule has 0 amide bonds. The SMILES string of the molecule is CCNC(=NCC1CCN(Cc2nc(C)c(C)o2)CC1)NCCc1ccc(C)c(OC)c1. The first-order chi connectivity index (χ1) is 15.5. The van der Waals surface area contributed by atoms with Crippen molar-refractivity contribution in [3.8, 4) is 5.75 Å². The predicted octanol–water partition coefficient (Wildman–Crippen LogP) is 3.62. The number of aliphatic imine (C=N–C) groups is 1. The lowest BCUT2D eigenvalue weighted by atomic mass is 9.97. The number of aryl methyl sites for hydroxylation is 3. The van der Waals surface area contributed by atoms with Crippen LogP contribution in [0.3, 0.4) is 0 Å². The number of hydrogen-bond acceptors (Lipinski definition) is 5. The lowest BCUT2D eigenvalue weighted by Crippen LogP contribution is -2.39. The van der Waals surface area contributed by atoms with Crippen LogP contribution in [0.15, 0.2) is 27.6 Å². The van der Waals surface area contributed by atoms with Crippen LogP contribution in [0.2, 0.25) is 0 Å². The molecule has 3 rings (SSSR count). The normalized spacial score (nSPS) is 15.7. The number of piperidine rings is 1. The van der Waals surface area contributed by atoms with E-state index in [1.54, 1.807) is 7.11 Å². The van der Waals surface area contributed by atoms with Crippen LogP contribution in [0.25, 0.3) is 0 Å². The third-order valence-electron chi connectivity index (χ3n) is 6.17. The van der Waals surface area contributed by atoms with Crippen LogP contribution in [0, 0.1) is 26.7 Å². The highest BCUT2D eigenvalue weighted by atomic mass is 16.5. The summed E-state index contributed by atoms with van der Waals surface area (Å²) in [5, 5.41) is 6.85. The Bertz CT molecular complexity index is 865. The molecule has 1 saturated heterocycles. The Kier molecular flexibility index (Phi) is 8.97. The summed E-state index contributed by atoms with van der Waals surface area (Å²) in [5.41, 5.74) is 3.42. The van der Waals surface area contributed by atoms with Crippen LogP contribution in [0.1, 0.15) is 48.2 Å². The van der Waals surface area contributed by atoms with E-state index in [-0.39, 0.29) is 0 Å². The second-order valence-corrected chi connectivity index (χ2v) is 8.67. The lowest BCUT2D eigenvalue weighted by molar-refractivity contribution is 0.166. The summed E-state index contributed by atoms with van der Waals surface area (Å²) < 4.78 is 11.2. The van der Waals surface area contributed by atoms with Gasteiger partial charge in [0.1, 0.15) is 11.5 Å². The van der Waals surface area contributed by atoms with Gasteiger partial charge in [0, 0.05) is 19.6 Å². The fraction of sp³-hybridized carbons (Fsp3) is 0.600. The highest BCUT2D eigenvalue weighted by molar-refractivity contribution is 5.79. The van der Waals surface area contributed by atoms with E-state index < -0.39 is 0 Å². The Hall–Kier alpha value is -2.54. The molecule has 1 aliphatic heterocycles. The van der Waals surface area contributed by atoms with E-state index in [0.29, 0.717) is 5.92 Å². The zero-order chi connectivity index (χ0) is 22.9. The number of benzene rings is 1. The number of rotatable bonds is 9. The summed E-state index contributed by atoms with van der Waals surface area (Å²) in [4.78, 5) is 11.8. The Labute approximate surface area is 192 Å². The third kappa shape index (κ3) is 6.99. The molecule has 0 radical (unpaired) electrons. The van der Waals surface area contributed by atoms with Crippen LogP contribution in [-0.2, 0) is 13.0 Å². The molecule has 32 heavy (non-hydrogen) atoms. The Balaban J connectivity index is 1.42. The largest absolute Gasteiger partial charge is 0.496 e. The third-order valence-corrected chi connectivity index (χ3v) is 6.17. The van der Waals surface area contributed by atoms with Gasteiger partial charge in [0.2, 0.25) is 5.89 Å². The lowest BCUT2D eigenvalue weighted by Gasteiger charge is -2.30. The van der Waals surface area contributed by atoms with Crippen molar-refractivity contribution in [1.29, 1.82) is 0 Å². The molecular weight excluding hydrogens is 402 g/mol. The smallest absolute Gasteiger partial charge is 0.208 e. The van der Waals surface area contributed by atoms with Crippen LogP contribution < -0.4 is 15.4 Å². The van der Waals surface area contributed by atoms with Crippen molar-refractivity contribution in [2.75, 3.05) is 39.8 Å². The van der Waals surface area contributed by atoms with Gasteiger partial charge in [0.15, 0.2) is 5.96 Å². The van der Waals surface area contributed by atoms with Gasteiger partial charge in [-0.1, -0.05) is 12.1 Å². The van der Waals surface area contributed by atoms with Crippen molar-refractivity contribution in [3.63, 3.8) is 0 Å². The summed E-state index contributed by atoms with van der Waals surface area (Å²) in [6.45, 7) is 13.6. The van der Waals surface area contributed by atoms with Crippen molar-refractivity contribution < 1.29 is 9.15 Å². The summed E-state index contributed by atoms with van der Waals surface area (Å²) in [6.07, 6.45) is 3.24. The molecule has 1 aliphatic rings. The molecule has 2 heterocycles. The summed E-state index contributed by atoms with van der Waals surface area (Å²) in [6, 6.07) is 6.40. The van der Waals surface area contributed by atoms with E-state index in [4.69, 9.17) is 14.1 Å². The number of likely N-dealkylation sites (tertiary alicyclic amines) is 1. The molecule has 2 aromatic rings. The minimum atomic E-state index is 0.621. The Morgan fingerprint density at radius 3 is 2.66 bits per heavy atom. The topological polar surface area (TPSA) is 74.9 Å². The van der Waals surface area contributed by atoms with E-state index in [2.05, 4.69) is 52.6 Å². The molecule has 7 heteroatoms. The zero-order valence-corrected chi connectivity index (χ0v) is 20.3. The first kappa shape index (κ1) is 24.1. The number of nitrogens with one attached hydrogen (secondary N) is 2. The number of methoxy groups -OCH3 is 1. The Morgan fingerprint density at radius 1 is 1.22 bits per heavy atom. The number of oxazole rings is 1. The minimum Gasteiger partial charge on any atom is -0.496 e. The van der Waals surface area contributed by atoms with E-state index in [1.807, 2.05) is 13.8 Å². The maximum atomic E-state index is 5.74. The number of nitrogens with zero attached hydrogens (tertiary/aromatic N) is 3. The van der Waals surface area contributed by atoms with Gasteiger partial charge < -0.3 is 19.8 Å². The zero-order valence-electron chi connectivity index (χ0n) is 20.3. The highest BCUT2D eigenvalue weighted by Gasteiger charge is 2.21. The van der Waals surface area contributed by atoms with Crippen LogP contribution in [0.5, 0.6) is 5.75 Å². The predicted molar refractivity (Wildman–Crippen MR) is 129 cm³/mol. The van der Waals surface area contributed by atoms with E-state index in [1.165, 1.54) is 5.56 Å². The van der Waals surface area contributed by atoms with Gasteiger partial charge in [-0.2, -0.15) is 0 Å². The van der Waals surface area contributed by atoms with Gasteiger partial charge in [-0.05, 0) is 83.2 Å². The molecule has 2 N–H and O–H groups in total. The van der Waals surface area contributed by atoms with Crippen LogP contribution >= 0.6 is 0 Å².